The lowest BCUT2D eigenvalue weighted by Gasteiger charge is -2.31. The molecule has 5 nitrogen and oxygen atoms in total. The van der Waals surface area contributed by atoms with Crippen LogP contribution in [0.5, 0.6) is 0 Å². The molecule has 1 N–H and O–H groups in total. The van der Waals surface area contributed by atoms with Crippen LogP contribution >= 0.6 is 0 Å². The van der Waals surface area contributed by atoms with Crippen LogP contribution in [0.1, 0.15) is 36.7 Å². The summed E-state index contributed by atoms with van der Waals surface area (Å²) in [6.45, 7) is 7.42. The molecule has 5 heteroatoms. The van der Waals surface area contributed by atoms with Gasteiger partial charge in [0.15, 0.2) is 0 Å². The van der Waals surface area contributed by atoms with E-state index in [1.165, 1.54) is 5.56 Å². The minimum absolute atomic E-state index is 0.249. The fraction of sp³-hybridized carbons (Fsp3) is 0.474. The first-order chi connectivity index (χ1) is 11.7. The van der Waals surface area contributed by atoms with E-state index < -0.39 is 0 Å². The number of hydrogen-bond acceptors (Lipinski definition) is 3. The number of aromatic amines is 1. The molecule has 2 aromatic rings. The van der Waals surface area contributed by atoms with E-state index in [9.17, 15) is 4.79 Å². The zero-order chi connectivity index (χ0) is 16.9. The summed E-state index contributed by atoms with van der Waals surface area (Å²) < 4.78 is 0. The molecule has 0 radical (unpaired) electrons. The fourth-order valence-electron chi connectivity index (χ4n) is 3.34. The van der Waals surface area contributed by atoms with E-state index in [1.54, 1.807) is 6.33 Å². The number of aromatic nitrogens is 2. The molecule has 1 amide bonds. The Bertz CT molecular complexity index is 667. The monoisotopic (exact) mass is 326 g/mol. The molecule has 0 spiro atoms. The van der Waals surface area contributed by atoms with Crippen LogP contribution in [0.4, 0.5) is 0 Å². The van der Waals surface area contributed by atoms with Crippen LogP contribution in [0.15, 0.2) is 36.7 Å². The lowest BCUT2D eigenvalue weighted by molar-refractivity contribution is -0.133. The van der Waals surface area contributed by atoms with Crippen molar-refractivity contribution in [1.29, 1.82) is 0 Å². The Hall–Kier alpha value is -2.14. The summed E-state index contributed by atoms with van der Waals surface area (Å²) in [4.78, 5) is 24.6. The molecule has 1 atom stereocenters. The number of nitrogens with one attached hydrogen (secondary N) is 1. The second-order valence-corrected chi connectivity index (χ2v) is 6.53. The molecular formula is C19H26N4O. The maximum atomic E-state index is 12.7. The molecule has 0 saturated carbocycles. The van der Waals surface area contributed by atoms with Gasteiger partial charge in [0.1, 0.15) is 0 Å². The zero-order valence-corrected chi connectivity index (χ0v) is 14.5. The van der Waals surface area contributed by atoms with Gasteiger partial charge in [-0.2, -0.15) is 0 Å². The van der Waals surface area contributed by atoms with E-state index in [2.05, 4.69) is 38.8 Å². The highest BCUT2D eigenvalue weighted by Crippen LogP contribution is 2.19. The van der Waals surface area contributed by atoms with Crippen molar-refractivity contribution in [2.24, 2.45) is 0 Å². The number of imidazole rings is 1. The van der Waals surface area contributed by atoms with Crippen molar-refractivity contribution >= 4 is 5.91 Å². The van der Waals surface area contributed by atoms with Crippen LogP contribution in [-0.4, -0.2) is 44.8 Å². The van der Waals surface area contributed by atoms with E-state index in [0.717, 1.165) is 37.4 Å². The Morgan fingerprint density at radius 3 is 2.71 bits per heavy atom. The number of carbonyl (C=O) groups is 1. The number of nitrogens with zero attached hydrogens (tertiary/aromatic N) is 3. The van der Waals surface area contributed by atoms with Crippen LogP contribution in [0, 0.1) is 6.92 Å². The molecule has 0 unspecified atom stereocenters. The first-order valence-electron chi connectivity index (χ1n) is 8.72. The third-order valence-corrected chi connectivity index (χ3v) is 4.85. The predicted octanol–water partition coefficient (Wildman–Crippen LogP) is 2.73. The molecule has 2 heterocycles. The normalized spacial score (nSPS) is 19.5. The quantitative estimate of drug-likeness (QED) is 0.919. The average Bonchev–Trinajstić information content (AvgIpc) is 2.94. The van der Waals surface area contributed by atoms with Crippen molar-refractivity contribution in [2.75, 3.05) is 13.1 Å². The number of amides is 1. The van der Waals surface area contributed by atoms with Gasteiger partial charge >= 0.3 is 0 Å². The maximum Gasteiger partial charge on any atom is 0.224 e. The second kappa shape index (κ2) is 7.62. The first kappa shape index (κ1) is 16.7. The molecule has 1 aromatic heterocycles. The van der Waals surface area contributed by atoms with E-state index in [4.69, 9.17) is 0 Å². The minimum Gasteiger partial charge on any atom is -0.348 e. The number of carbonyl (C=O) groups excluding carboxylic acids is 1. The lowest BCUT2D eigenvalue weighted by atomic mass is 10.1. The number of benzene rings is 1. The SMILES string of the molecule is CC[C@@H]1CN(Cc2nc[nH]c2C)CCC(=O)N1Cc1ccccc1. The molecule has 128 valence electrons. The molecule has 3 rings (SSSR count). The number of rotatable bonds is 5. The zero-order valence-electron chi connectivity index (χ0n) is 14.5. The summed E-state index contributed by atoms with van der Waals surface area (Å²) in [6.07, 6.45) is 3.29. The van der Waals surface area contributed by atoms with Crippen LogP contribution in [0.25, 0.3) is 0 Å². The van der Waals surface area contributed by atoms with Gasteiger partial charge in [-0.05, 0) is 18.9 Å². The Morgan fingerprint density at radius 2 is 2.04 bits per heavy atom. The Balaban J connectivity index is 1.72. The highest BCUT2D eigenvalue weighted by atomic mass is 16.2. The predicted molar refractivity (Wildman–Crippen MR) is 94.3 cm³/mol. The molecular weight excluding hydrogens is 300 g/mol. The first-order valence-corrected chi connectivity index (χ1v) is 8.72. The van der Waals surface area contributed by atoms with Crippen molar-refractivity contribution in [3.05, 3.63) is 53.6 Å². The van der Waals surface area contributed by atoms with Gasteiger partial charge in [0.05, 0.1) is 12.0 Å². The highest BCUT2D eigenvalue weighted by molar-refractivity contribution is 5.77. The molecule has 1 saturated heterocycles. The van der Waals surface area contributed by atoms with Crippen LogP contribution in [0.2, 0.25) is 0 Å². The molecule has 1 aliphatic heterocycles. The van der Waals surface area contributed by atoms with E-state index in [-0.39, 0.29) is 11.9 Å². The Morgan fingerprint density at radius 1 is 1.25 bits per heavy atom. The highest BCUT2D eigenvalue weighted by Gasteiger charge is 2.29. The third kappa shape index (κ3) is 3.85. The van der Waals surface area contributed by atoms with Crippen LogP contribution in [0.3, 0.4) is 0 Å². The summed E-state index contributed by atoms with van der Waals surface area (Å²) in [5.74, 6) is 0.256. The molecule has 0 aliphatic carbocycles. The number of aryl methyl sites for hydroxylation is 1. The fourth-order valence-corrected chi connectivity index (χ4v) is 3.34. The lowest BCUT2D eigenvalue weighted by Crippen LogP contribution is -2.42. The van der Waals surface area contributed by atoms with Crippen LogP contribution in [-0.2, 0) is 17.9 Å². The van der Waals surface area contributed by atoms with Gasteiger partial charge in [-0.15, -0.1) is 0 Å². The van der Waals surface area contributed by atoms with Gasteiger partial charge in [0, 0.05) is 44.3 Å². The summed E-state index contributed by atoms with van der Waals surface area (Å²) in [5.41, 5.74) is 3.38. The standard InChI is InChI=1S/C19H26N4O/c1-3-17-12-22(13-18-15(2)20-14-21-18)10-9-19(24)23(17)11-16-7-5-4-6-8-16/h4-8,14,17H,3,9-13H2,1-2H3,(H,20,21)/t17-/m1/s1. The van der Waals surface area contributed by atoms with Crippen LogP contribution < -0.4 is 0 Å². The van der Waals surface area contributed by atoms with Gasteiger partial charge in [-0.3, -0.25) is 9.69 Å². The van der Waals surface area contributed by atoms with E-state index >= 15 is 0 Å². The molecule has 1 aromatic carbocycles. The summed E-state index contributed by atoms with van der Waals surface area (Å²) >= 11 is 0. The van der Waals surface area contributed by atoms with Crippen molar-refractivity contribution in [3.8, 4) is 0 Å². The summed E-state index contributed by atoms with van der Waals surface area (Å²) in [7, 11) is 0. The van der Waals surface area contributed by atoms with Gasteiger partial charge in [0.2, 0.25) is 5.91 Å². The number of hydrogen-bond donors (Lipinski definition) is 1. The topological polar surface area (TPSA) is 52.2 Å². The van der Waals surface area contributed by atoms with Gasteiger partial charge in [-0.1, -0.05) is 37.3 Å². The van der Waals surface area contributed by atoms with Gasteiger partial charge in [-0.25, -0.2) is 4.98 Å². The third-order valence-electron chi connectivity index (χ3n) is 4.85. The minimum atomic E-state index is 0.249. The van der Waals surface area contributed by atoms with Gasteiger partial charge in [0.25, 0.3) is 0 Å². The molecule has 24 heavy (non-hydrogen) atoms. The largest absolute Gasteiger partial charge is 0.348 e. The molecule has 1 aliphatic rings. The van der Waals surface area contributed by atoms with Crippen molar-refractivity contribution < 1.29 is 4.79 Å². The summed E-state index contributed by atoms with van der Waals surface area (Å²) in [5, 5.41) is 0. The second-order valence-electron chi connectivity index (χ2n) is 6.53. The number of H-pyrrole nitrogens is 1. The maximum absolute atomic E-state index is 12.7. The Kier molecular flexibility index (Phi) is 5.30. The van der Waals surface area contributed by atoms with Gasteiger partial charge < -0.3 is 9.88 Å². The Labute approximate surface area is 143 Å². The molecule has 1 fully saturated rings. The van der Waals surface area contributed by atoms with E-state index in [1.807, 2.05) is 25.1 Å². The van der Waals surface area contributed by atoms with Crippen molar-refractivity contribution in [2.45, 2.75) is 45.8 Å². The molecule has 0 bridgehead atoms. The smallest absolute Gasteiger partial charge is 0.224 e. The average molecular weight is 326 g/mol. The van der Waals surface area contributed by atoms with Crippen molar-refractivity contribution in [1.82, 2.24) is 19.8 Å². The van der Waals surface area contributed by atoms with Crippen molar-refractivity contribution in [3.63, 3.8) is 0 Å². The summed E-state index contributed by atoms with van der Waals surface area (Å²) in [6, 6.07) is 10.5. The van der Waals surface area contributed by atoms with E-state index in [0.29, 0.717) is 13.0 Å².